The summed E-state index contributed by atoms with van der Waals surface area (Å²) in [6.07, 6.45) is 0. The lowest BCUT2D eigenvalue weighted by Crippen LogP contribution is -2.20. The highest BCUT2D eigenvalue weighted by atomic mass is 16.5. The molecule has 3 aromatic carbocycles. The standard InChI is InChI=1S/C27H30N4O2/c1-17(2)20-7-10-22(11-8-20)31-29-24-13-9-21(15-25(24)30-31)28-27(32)16-33-26-14-19(5)6-12-23(26)18(3)4/h6-15,17-18H,16H2,1-5H3,(H,28,32). The van der Waals surface area contributed by atoms with Gasteiger partial charge in [0.15, 0.2) is 6.61 Å². The normalized spacial score (nSPS) is 11.4. The van der Waals surface area contributed by atoms with Crippen LogP contribution < -0.4 is 10.1 Å². The lowest BCUT2D eigenvalue weighted by molar-refractivity contribution is -0.118. The number of hydrogen-bond acceptors (Lipinski definition) is 4. The van der Waals surface area contributed by atoms with Crippen molar-refractivity contribution in [3.8, 4) is 11.4 Å². The zero-order chi connectivity index (χ0) is 23.5. The van der Waals surface area contributed by atoms with Crippen LogP contribution in [0.4, 0.5) is 5.69 Å². The Hall–Kier alpha value is -3.67. The minimum atomic E-state index is -0.220. The fourth-order valence-electron chi connectivity index (χ4n) is 3.68. The van der Waals surface area contributed by atoms with Gasteiger partial charge in [-0.2, -0.15) is 4.80 Å². The predicted octanol–water partition coefficient (Wildman–Crippen LogP) is 5.99. The molecule has 0 aliphatic heterocycles. The zero-order valence-electron chi connectivity index (χ0n) is 19.8. The van der Waals surface area contributed by atoms with Crippen molar-refractivity contribution in [1.82, 2.24) is 15.0 Å². The maximum atomic E-state index is 12.5. The van der Waals surface area contributed by atoms with Crippen LogP contribution in [0, 0.1) is 6.92 Å². The van der Waals surface area contributed by atoms with Crippen LogP contribution >= 0.6 is 0 Å². The fraction of sp³-hybridized carbons (Fsp3) is 0.296. The molecule has 0 aliphatic carbocycles. The van der Waals surface area contributed by atoms with E-state index in [0.29, 0.717) is 23.0 Å². The van der Waals surface area contributed by atoms with Crippen molar-refractivity contribution in [2.75, 3.05) is 11.9 Å². The van der Waals surface area contributed by atoms with Crippen molar-refractivity contribution < 1.29 is 9.53 Å². The molecule has 0 spiro atoms. The summed E-state index contributed by atoms with van der Waals surface area (Å²) >= 11 is 0. The molecule has 0 aliphatic rings. The third kappa shape index (κ3) is 5.22. The Morgan fingerprint density at radius 2 is 1.64 bits per heavy atom. The number of nitrogens with zero attached hydrogens (tertiary/aromatic N) is 3. The van der Waals surface area contributed by atoms with Gasteiger partial charge >= 0.3 is 0 Å². The van der Waals surface area contributed by atoms with Gasteiger partial charge in [0.2, 0.25) is 0 Å². The summed E-state index contributed by atoms with van der Waals surface area (Å²) in [7, 11) is 0. The van der Waals surface area contributed by atoms with E-state index in [2.05, 4.69) is 67.5 Å². The molecule has 0 radical (unpaired) electrons. The van der Waals surface area contributed by atoms with E-state index in [1.54, 1.807) is 4.80 Å². The van der Waals surface area contributed by atoms with E-state index in [0.717, 1.165) is 28.1 Å². The van der Waals surface area contributed by atoms with Crippen molar-refractivity contribution >= 4 is 22.6 Å². The van der Waals surface area contributed by atoms with E-state index in [1.165, 1.54) is 5.56 Å². The predicted molar refractivity (Wildman–Crippen MR) is 132 cm³/mol. The van der Waals surface area contributed by atoms with Crippen LogP contribution in [0.15, 0.2) is 60.7 Å². The van der Waals surface area contributed by atoms with Crippen molar-refractivity contribution in [3.63, 3.8) is 0 Å². The van der Waals surface area contributed by atoms with Crippen LogP contribution in [0.5, 0.6) is 5.75 Å². The minimum Gasteiger partial charge on any atom is -0.483 e. The van der Waals surface area contributed by atoms with Crippen LogP contribution in [-0.4, -0.2) is 27.5 Å². The van der Waals surface area contributed by atoms with E-state index < -0.39 is 0 Å². The quantitative estimate of drug-likeness (QED) is 0.381. The maximum absolute atomic E-state index is 12.5. The molecule has 1 heterocycles. The van der Waals surface area contributed by atoms with Crippen LogP contribution in [0.25, 0.3) is 16.7 Å². The van der Waals surface area contributed by atoms with E-state index in [9.17, 15) is 4.79 Å². The van der Waals surface area contributed by atoms with Gasteiger partial charge < -0.3 is 10.1 Å². The van der Waals surface area contributed by atoms with Crippen LogP contribution in [0.3, 0.4) is 0 Å². The third-order valence-electron chi connectivity index (χ3n) is 5.60. The lowest BCUT2D eigenvalue weighted by Gasteiger charge is -2.14. The Morgan fingerprint density at radius 3 is 2.33 bits per heavy atom. The fourth-order valence-corrected chi connectivity index (χ4v) is 3.68. The number of aromatic nitrogens is 3. The number of aryl methyl sites for hydroxylation is 1. The second-order valence-corrected chi connectivity index (χ2v) is 8.97. The summed E-state index contributed by atoms with van der Waals surface area (Å²) in [5.74, 6) is 1.32. The van der Waals surface area contributed by atoms with E-state index in [1.807, 2.05) is 43.3 Å². The molecule has 0 atom stereocenters. The van der Waals surface area contributed by atoms with Crippen molar-refractivity contribution in [2.24, 2.45) is 0 Å². The Balaban J connectivity index is 1.45. The average molecular weight is 443 g/mol. The molecular weight excluding hydrogens is 412 g/mol. The average Bonchev–Trinajstić information content (AvgIpc) is 3.21. The van der Waals surface area contributed by atoms with Gasteiger partial charge in [0.1, 0.15) is 16.8 Å². The summed E-state index contributed by atoms with van der Waals surface area (Å²) in [4.78, 5) is 14.1. The number of amides is 1. The van der Waals surface area contributed by atoms with Gasteiger partial charge in [0, 0.05) is 5.69 Å². The number of rotatable bonds is 7. The smallest absolute Gasteiger partial charge is 0.262 e. The van der Waals surface area contributed by atoms with Crippen LogP contribution in [-0.2, 0) is 4.79 Å². The minimum absolute atomic E-state index is 0.0594. The Labute approximate surface area is 194 Å². The number of fused-ring (bicyclic) bond motifs is 1. The second kappa shape index (κ2) is 9.45. The van der Waals surface area contributed by atoms with Crippen LogP contribution in [0.2, 0.25) is 0 Å². The van der Waals surface area contributed by atoms with Gasteiger partial charge in [-0.15, -0.1) is 10.2 Å². The van der Waals surface area contributed by atoms with Gasteiger partial charge in [-0.25, -0.2) is 0 Å². The highest BCUT2D eigenvalue weighted by Crippen LogP contribution is 2.27. The first kappa shape index (κ1) is 22.5. The molecule has 1 amide bonds. The van der Waals surface area contributed by atoms with Gasteiger partial charge in [-0.1, -0.05) is 52.0 Å². The number of carbonyl (C=O) groups is 1. The topological polar surface area (TPSA) is 69.0 Å². The van der Waals surface area contributed by atoms with Crippen LogP contribution in [0.1, 0.15) is 56.2 Å². The maximum Gasteiger partial charge on any atom is 0.262 e. The summed E-state index contributed by atoms with van der Waals surface area (Å²) in [5, 5.41) is 12.0. The Bertz CT molecular complexity index is 1270. The summed E-state index contributed by atoms with van der Waals surface area (Å²) in [6, 6.07) is 19.8. The molecule has 0 unspecified atom stereocenters. The third-order valence-corrected chi connectivity index (χ3v) is 5.60. The van der Waals surface area contributed by atoms with E-state index in [4.69, 9.17) is 4.74 Å². The largest absolute Gasteiger partial charge is 0.483 e. The molecule has 170 valence electrons. The summed E-state index contributed by atoms with van der Waals surface area (Å²) in [6.45, 7) is 10.5. The molecule has 1 N–H and O–H groups in total. The number of benzene rings is 3. The number of hydrogen-bond donors (Lipinski definition) is 1. The first-order chi connectivity index (χ1) is 15.8. The highest BCUT2D eigenvalue weighted by Gasteiger charge is 2.12. The molecule has 1 aromatic heterocycles. The Morgan fingerprint density at radius 1 is 0.909 bits per heavy atom. The first-order valence-corrected chi connectivity index (χ1v) is 11.3. The lowest BCUT2D eigenvalue weighted by atomic mass is 10.0. The van der Waals surface area contributed by atoms with Crippen molar-refractivity contribution in [2.45, 2.75) is 46.5 Å². The van der Waals surface area contributed by atoms with Gasteiger partial charge in [-0.05, 0) is 71.8 Å². The monoisotopic (exact) mass is 442 g/mol. The van der Waals surface area contributed by atoms with Gasteiger partial charge in [-0.3, -0.25) is 4.79 Å². The molecular formula is C27H30N4O2. The molecule has 4 aromatic rings. The number of carbonyl (C=O) groups excluding carboxylic acids is 1. The van der Waals surface area contributed by atoms with Crippen molar-refractivity contribution in [1.29, 1.82) is 0 Å². The number of anilines is 1. The molecule has 4 rings (SSSR count). The van der Waals surface area contributed by atoms with E-state index >= 15 is 0 Å². The molecule has 6 heteroatoms. The summed E-state index contributed by atoms with van der Waals surface area (Å²) in [5.41, 5.74) is 6.49. The molecule has 6 nitrogen and oxygen atoms in total. The molecule has 0 bridgehead atoms. The SMILES string of the molecule is Cc1ccc(C(C)C)c(OCC(=O)Nc2ccc3nn(-c4ccc(C(C)C)cc4)nc3c2)c1. The number of ether oxygens (including phenoxy) is 1. The summed E-state index contributed by atoms with van der Waals surface area (Å²) < 4.78 is 5.84. The Kier molecular flexibility index (Phi) is 6.45. The van der Waals surface area contributed by atoms with E-state index in [-0.39, 0.29) is 12.5 Å². The number of nitrogens with one attached hydrogen (secondary N) is 1. The molecule has 0 saturated heterocycles. The van der Waals surface area contributed by atoms with Crippen molar-refractivity contribution in [3.05, 3.63) is 77.4 Å². The molecule has 0 fully saturated rings. The second-order valence-electron chi connectivity index (χ2n) is 8.97. The van der Waals surface area contributed by atoms with Gasteiger partial charge in [0.25, 0.3) is 5.91 Å². The zero-order valence-corrected chi connectivity index (χ0v) is 19.8. The molecule has 0 saturated carbocycles. The molecule has 33 heavy (non-hydrogen) atoms. The van der Waals surface area contributed by atoms with Gasteiger partial charge in [0.05, 0.1) is 5.69 Å². The highest BCUT2D eigenvalue weighted by molar-refractivity contribution is 5.93. The first-order valence-electron chi connectivity index (χ1n) is 11.3.